The van der Waals surface area contributed by atoms with Crippen molar-refractivity contribution in [3.63, 3.8) is 0 Å². The summed E-state index contributed by atoms with van der Waals surface area (Å²) >= 11 is 0. The van der Waals surface area contributed by atoms with Crippen LogP contribution in [0.5, 0.6) is 0 Å². The highest BCUT2D eigenvalue weighted by Gasteiger charge is 2.60. The average molecular weight is 486 g/mol. The first-order valence-corrected chi connectivity index (χ1v) is 13.9. The molecule has 3 aliphatic carbocycles. The number of carbonyl (C=O) groups is 2. The van der Waals surface area contributed by atoms with Crippen LogP contribution in [-0.2, 0) is 16.1 Å². The number of amides is 2. The molecule has 0 unspecified atom stereocenters. The summed E-state index contributed by atoms with van der Waals surface area (Å²) in [6.45, 7) is 5.36. The minimum absolute atomic E-state index is 0.0772. The fraction of sp³-hybridized carbons (Fsp3) is 0.581. The van der Waals surface area contributed by atoms with Crippen LogP contribution in [0.2, 0.25) is 0 Å². The molecule has 36 heavy (non-hydrogen) atoms. The summed E-state index contributed by atoms with van der Waals surface area (Å²) in [5.74, 6) is 2.77. The van der Waals surface area contributed by atoms with Crippen LogP contribution in [0, 0.1) is 34.5 Å². The number of likely N-dealkylation sites (N-methyl/N-ethyl adjacent to an activating group) is 1. The Morgan fingerprint density at radius 2 is 1.92 bits per heavy atom. The van der Waals surface area contributed by atoms with E-state index in [-0.39, 0.29) is 22.6 Å². The molecule has 2 amide bonds. The molecule has 1 aromatic carbocycles. The minimum Gasteiger partial charge on any atom is -0.350 e. The van der Waals surface area contributed by atoms with Crippen molar-refractivity contribution in [1.82, 2.24) is 15.2 Å². The van der Waals surface area contributed by atoms with Gasteiger partial charge in [0.15, 0.2) is 0 Å². The Morgan fingerprint density at radius 3 is 2.78 bits per heavy atom. The highest BCUT2D eigenvalue weighted by molar-refractivity contribution is 5.89. The highest BCUT2D eigenvalue weighted by atomic mass is 16.2. The van der Waals surface area contributed by atoms with Crippen LogP contribution in [0.4, 0.5) is 0 Å². The van der Waals surface area contributed by atoms with Gasteiger partial charge in [0.1, 0.15) is 0 Å². The van der Waals surface area contributed by atoms with E-state index < -0.39 is 0 Å². The molecular formula is C31H39N3O2. The van der Waals surface area contributed by atoms with Gasteiger partial charge in [-0.05, 0) is 85.1 Å². The summed E-state index contributed by atoms with van der Waals surface area (Å²) in [6.07, 6.45) is 13.6. The van der Waals surface area contributed by atoms with Crippen LogP contribution in [0.15, 0.2) is 48.7 Å². The van der Waals surface area contributed by atoms with Gasteiger partial charge in [0.2, 0.25) is 11.8 Å². The molecule has 4 aliphatic rings. The second-order valence-corrected chi connectivity index (χ2v) is 12.4. The highest BCUT2D eigenvalue weighted by Crippen LogP contribution is 2.65. The average Bonchev–Trinajstić information content (AvgIpc) is 3.21. The van der Waals surface area contributed by atoms with E-state index in [9.17, 15) is 9.59 Å². The van der Waals surface area contributed by atoms with Gasteiger partial charge in [0, 0.05) is 36.5 Å². The van der Waals surface area contributed by atoms with Crippen molar-refractivity contribution >= 4 is 22.6 Å². The molecule has 3 saturated carbocycles. The Labute approximate surface area is 214 Å². The van der Waals surface area contributed by atoms with Crippen LogP contribution >= 0.6 is 0 Å². The van der Waals surface area contributed by atoms with E-state index in [0.29, 0.717) is 42.7 Å². The Morgan fingerprint density at radius 1 is 1.08 bits per heavy atom. The predicted octanol–water partition coefficient (Wildman–Crippen LogP) is 5.50. The van der Waals surface area contributed by atoms with Gasteiger partial charge in [-0.1, -0.05) is 44.2 Å². The van der Waals surface area contributed by atoms with E-state index in [1.165, 1.54) is 25.7 Å². The quantitative estimate of drug-likeness (QED) is 0.622. The standard InChI is InChI=1S/C31H39N3O2/c1-30-15-12-25-23(9-11-27-31(25,2)16-13-29(36)34(27)3)24(30)10-8-21(30)18-28(35)33-19-26-22-7-5-4-6-20(22)14-17-32-26/h4-7,13-14,16-17,21,23-25,27H,8-12,15,18-19H2,1-3H3,(H,33,35)/t21-,23+,24+,25+,27-,30-,31-/m1/s1. The van der Waals surface area contributed by atoms with Crippen molar-refractivity contribution in [3.8, 4) is 0 Å². The van der Waals surface area contributed by atoms with Gasteiger partial charge < -0.3 is 10.2 Å². The molecule has 5 heteroatoms. The Balaban J connectivity index is 1.14. The fourth-order valence-corrected chi connectivity index (χ4v) is 8.98. The molecule has 1 N–H and O–H groups in total. The number of carbonyl (C=O) groups excluding carboxylic acids is 2. The van der Waals surface area contributed by atoms with Gasteiger partial charge in [-0.2, -0.15) is 0 Å². The van der Waals surface area contributed by atoms with E-state index in [0.717, 1.165) is 29.3 Å². The summed E-state index contributed by atoms with van der Waals surface area (Å²) in [5.41, 5.74) is 1.25. The van der Waals surface area contributed by atoms with Crippen molar-refractivity contribution in [3.05, 3.63) is 54.4 Å². The third-order valence-corrected chi connectivity index (χ3v) is 11.0. The number of nitrogens with zero attached hydrogens (tertiary/aromatic N) is 2. The third-order valence-electron chi connectivity index (χ3n) is 11.0. The zero-order chi connectivity index (χ0) is 25.1. The van der Waals surface area contributed by atoms with Gasteiger partial charge in [0.05, 0.1) is 12.2 Å². The number of benzene rings is 1. The minimum atomic E-state index is 0.0772. The van der Waals surface area contributed by atoms with Crippen molar-refractivity contribution in [2.75, 3.05) is 7.05 Å². The summed E-state index contributed by atoms with van der Waals surface area (Å²) in [4.78, 5) is 32.0. The van der Waals surface area contributed by atoms with E-state index in [1.54, 1.807) is 0 Å². The molecule has 3 fully saturated rings. The Bertz CT molecular complexity index is 1220. The van der Waals surface area contributed by atoms with E-state index in [2.05, 4.69) is 42.4 Å². The summed E-state index contributed by atoms with van der Waals surface area (Å²) in [5, 5.41) is 5.46. The largest absolute Gasteiger partial charge is 0.350 e. The molecular weight excluding hydrogens is 446 g/mol. The predicted molar refractivity (Wildman–Crippen MR) is 142 cm³/mol. The summed E-state index contributed by atoms with van der Waals surface area (Å²) in [7, 11) is 1.99. The number of pyridine rings is 1. The van der Waals surface area contributed by atoms with Crippen molar-refractivity contribution in [2.45, 2.75) is 71.4 Å². The monoisotopic (exact) mass is 485 g/mol. The van der Waals surface area contributed by atoms with Crippen LogP contribution in [-0.4, -0.2) is 34.8 Å². The molecule has 0 radical (unpaired) electrons. The molecule has 7 atom stereocenters. The number of hydrogen-bond donors (Lipinski definition) is 1. The number of rotatable bonds is 4. The summed E-state index contributed by atoms with van der Waals surface area (Å²) in [6, 6.07) is 10.6. The van der Waals surface area contributed by atoms with Crippen LogP contribution in [0.1, 0.15) is 64.5 Å². The SMILES string of the molecule is CN1C(=O)C=C[C@]2(C)[C@H]3CC[C@]4(C)[C@@H](CC(=O)NCc5nccc6ccccc56)CC[C@H]4[C@@H]3CC[C@@H]12. The molecule has 1 aliphatic heterocycles. The first-order chi connectivity index (χ1) is 17.3. The molecule has 0 bridgehead atoms. The number of nitrogens with one attached hydrogen (secondary N) is 1. The number of aromatic nitrogens is 1. The van der Waals surface area contributed by atoms with Gasteiger partial charge in [-0.15, -0.1) is 0 Å². The van der Waals surface area contributed by atoms with Crippen LogP contribution in [0.3, 0.4) is 0 Å². The molecule has 5 nitrogen and oxygen atoms in total. The Kier molecular flexibility index (Phi) is 5.73. The zero-order valence-corrected chi connectivity index (χ0v) is 21.9. The lowest BCUT2D eigenvalue weighted by Crippen LogP contribution is -2.59. The van der Waals surface area contributed by atoms with E-state index in [4.69, 9.17) is 0 Å². The molecule has 0 saturated heterocycles. The van der Waals surface area contributed by atoms with Gasteiger partial charge in [0.25, 0.3) is 0 Å². The lowest BCUT2D eigenvalue weighted by atomic mass is 9.47. The number of fused-ring (bicyclic) bond motifs is 6. The van der Waals surface area contributed by atoms with Crippen LogP contribution in [0.25, 0.3) is 10.8 Å². The molecule has 2 heterocycles. The lowest BCUT2D eigenvalue weighted by molar-refractivity contribution is -0.139. The molecule has 1 aromatic heterocycles. The van der Waals surface area contributed by atoms with E-state index >= 15 is 0 Å². The lowest BCUT2D eigenvalue weighted by Gasteiger charge is -2.60. The maximum absolute atomic E-state index is 13.1. The maximum Gasteiger partial charge on any atom is 0.246 e. The summed E-state index contributed by atoms with van der Waals surface area (Å²) < 4.78 is 0. The van der Waals surface area contributed by atoms with Crippen LogP contribution < -0.4 is 5.32 Å². The molecule has 190 valence electrons. The topological polar surface area (TPSA) is 62.3 Å². The van der Waals surface area contributed by atoms with Gasteiger partial charge in [-0.3, -0.25) is 14.6 Å². The Hall–Kier alpha value is -2.69. The van der Waals surface area contributed by atoms with Crippen molar-refractivity contribution < 1.29 is 9.59 Å². The first kappa shape index (κ1) is 23.7. The first-order valence-electron chi connectivity index (χ1n) is 13.9. The smallest absolute Gasteiger partial charge is 0.246 e. The van der Waals surface area contributed by atoms with Gasteiger partial charge >= 0.3 is 0 Å². The molecule has 6 rings (SSSR count). The van der Waals surface area contributed by atoms with E-state index in [1.807, 2.05) is 42.4 Å². The third kappa shape index (κ3) is 3.61. The van der Waals surface area contributed by atoms with Gasteiger partial charge in [-0.25, -0.2) is 0 Å². The normalized spacial score (nSPS) is 37.4. The van der Waals surface area contributed by atoms with Crippen molar-refractivity contribution in [2.24, 2.45) is 34.5 Å². The molecule has 0 spiro atoms. The zero-order valence-electron chi connectivity index (χ0n) is 21.9. The second kappa shape index (κ2) is 8.71. The maximum atomic E-state index is 13.1. The molecule has 2 aromatic rings. The second-order valence-electron chi connectivity index (χ2n) is 12.4. The van der Waals surface area contributed by atoms with Crippen molar-refractivity contribution in [1.29, 1.82) is 0 Å². The number of hydrogen-bond acceptors (Lipinski definition) is 3. The fourth-order valence-electron chi connectivity index (χ4n) is 8.98.